The normalized spacial score (nSPS) is 17.5. The van der Waals surface area contributed by atoms with Gasteiger partial charge < -0.3 is 36.4 Å². The Morgan fingerprint density at radius 2 is 2.00 bits per heavy atom. The zero-order valence-corrected chi connectivity index (χ0v) is 17.4. The van der Waals surface area contributed by atoms with E-state index in [9.17, 15) is 24.3 Å². The number of benzene rings is 1. The van der Waals surface area contributed by atoms with Crippen LogP contribution >= 0.6 is 0 Å². The highest BCUT2D eigenvalue weighted by atomic mass is 16.4. The van der Waals surface area contributed by atoms with E-state index in [1.807, 2.05) is 9.80 Å². The third-order valence-electron chi connectivity index (χ3n) is 5.65. The number of aliphatic carboxylic acids is 2. The van der Waals surface area contributed by atoms with Crippen LogP contribution in [0.4, 0.5) is 23.1 Å². The van der Waals surface area contributed by atoms with Crippen LogP contribution in [0.1, 0.15) is 23.2 Å². The molecule has 0 spiro atoms. The minimum Gasteiger partial charge on any atom is -0.481 e. The van der Waals surface area contributed by atoms with Crippen LogP contribution in [0.25, 0.3) is 0 Å². The molecule has 2 aliphatic heterocycles. The van der Waals surface area contributed by atoms with E-state index < -0.39 is 23.9 Å². The number of rotatable bonds is 7. The fourth-order valence-corrected chi connectivity index (χ4v) is 4.00. The summed E-state index contributed by atoms with van der Waals surface area (Å²) < 4.78 is 0. The van der Waals surface area contributed by atoms with Crippen LogP contribution in [0.3, 0.4) is 0 Å². The van der Waals surface area contributed by atoms with E-state index in [0.717, 1.165) is 5.69 Å². The van der Waals surface area contributed by atoms with Crippen LogP contribution in [0, 0.1) is 0 Å². The predicted octanol–water partition coefficient (Wildman–Crippen LogP) is -0.522. The van der Waals surface area contributed by atoms with Gasteiger partial charge in [-0.05, 0) is 30.7 Å². The van der Waals surface area contributed by atoms with Gasteiger partial charge in [-0.2, -0.15) is 4.98 Å². The Labute approximate surface area is 187 Å². The van der Waals surface area contributed by atoms with Crippen molar-refractivity contribution in [3.63, 3.8) is 0 Å². The van der Waals surface area contributed by atoms with Crippen LogP contribution < -0.4 is 31.7 Å². The molecule has 1 aromatic heterocycles. The summed E-state index contributed by atoms with van der Waals surface area (Å²) in [5, 5.41) is 23.4. The molecule has 174 valence electrons. The summed E-state index contributed by atoms with van der Waals surface area (Å²) in [7, 11) is 0. The van der Waals surface area contributed by atoms with E-state index in [0.29, 0.717) is 31.3 Å². The highest BCUT2D eigenvalue weighted by Crippen LogP contribution is 2.32. The highest BCUT2D eigenvalue weighted by molar-refractivity contribution is 5.97. The topological polar surface area (TPSA) is 194 Å². The van der Waals surface area contributed by atoms with Crippen molar-refractivity contribution in [2.75, 3.05) is 40.6 Å². The smallest absolute Gasteiger partial charge is 0.326 e. The minimum absolute atomic E-state index is 0.0394. The summed E-state index contributed by atoms with van der Waals surface area (Å²) >= 11 is 0. The number of carboxylic acids is 2. The lowest BCUT2D eigenvalue weighted by molar-refractivity contribution is -0.140. The molecule has 13 nitrogen and oxygen atoms in total. The molecule has 33 heavy (non-hydrogen) atoms. The summed E-state index contributed by atoms with van der Waals surface area (Å²) in [4.78, 5) is 57.5. The predicted molar refractivity (Wildman–Crippen MR) is 118 cm³/mol. The number of anilines is 4. The molecule has 13 heteroatoms. The number of H-pyrrole nitrogens is 1. The Kier molecular flexibility index (Phi) is 5.77. The minimum atomic E-state index is -1.30. The second-order valence-electron chi connectivity index (χ2n) is 7.86. The van der Waals surface area contributed by atoms with E-state index in [-0.39, 0.29) is 36.0 Å². The van der Waals surface area contributed by atoms with E-state index in [2.05, 4.69) is 20.6 Å². The van der Waals surface area contributed by atoms with Gasteiger partial charge in [0.15, 0.2) is 5.82 Å². The summed E-state index contributed by atoms with van der Waals surface area (Å²) in [6.45, 7) is 1.67. The standard InChI is InChI=1S/C20H23N7O6/c21-20-24-16-15(18(31)25-20)27-9-26(8-12(27)7-22-16)11-3-1-10(2-4-11)17(30)23-13(19(32)33)5-6-14(28)29/h1-4,12-13H,5-9H2,(H,23,30)(H,28,29)(H,32,33)(H4,21,22,24,25,31)/t12?,13-/m0/s1/i9+2. The van der Waals surface area contributed by atoms with Gasteiger partial charge in [-0.3, -0.25) is 19.4 Å². The lowest BCUT2D eigenvalue weighted by Crippen LogP contribution is -2.44. The molecule has 2 aliphatic rings. The summed E-state index contributed by atoms with van der Waals surface area (Å²) in [5.41, 5.74) is 6.81. The number of nitrogen functional groups attached to an aromatic ring is 1. The Hall–Kier alpha value is -4.29. The van der Waals surface area contributed by atoms with Gasteiger partial charge in [-0.1, -0.05) is 0 Å². The van der Waals surface area contributed by atoms with Gasteiger partial charge in [0.1, 0.15) is 11.7 Å². The van der Waals surface area contributed by atoms with Crippen molar-refractivity contribution >= 4 is 41.0 Å². The molecule has 1 aromatic carbocycles. The summed E-state index contributed by atoms with van der Waals surface area (Å²) in [6.07, 6.45) is -0.583. The number of carboxylic acid groups (broad SMARTS) is 2. The number of carbonyl (C=O) groups excluding carboxylic acids is 1. The Morgan fingerprint density at radius 3 is 2.67 bits per heavy atom. The van der Waals surface area contributed by atoms with Crippen LogP contribution in [0.2, 0.25) is 0 Å². The third kappa shape index (κ3) is 4.51. The second-order valence-corrected chi connectivity index (χ2v) is 7.86. The number of nitrogens with zero attached hydrogens (tertiary/aromatic N) is 3. The van der Waals surface area contributed by atoms with Crippen molar-refractivity contribution in [1.82, 2.24) is 15.3 Å². The van der Waals surface area contributed by atoms with E-state index >= 15 is 0 Å². The Balaban J connectivity index is 1.45. The maximum Gasteiger partial charge on any atom is 0.326 e. The Morgan fingerprint density at radius 1 is 1.27 bits per heavy atom. The SMILES string of the molecule is Nc1nc2c(c(=O)[nH]1)N1[14CH2]N(c3ccc(C(=O)N[C@@H](CCC(=O)O)C(=O)O)cc3)CC1CN2. The first-order chi connectivity index (χ1) is 15.7. The number of carbonyl (C=O) groups is 3. The van der Waals surface area contributed by atoms with Gasteiger partial charge in [-0.25, -0.2) is 4.79 Å². The monoisotopic (exact) mass is 459 g/mol. The molecule has 1 fully saturated rings. The number of aromatic amines is 1. The molecule has 3 heterocycles. The second kappa shape index (κ2) is 8.68. The fraction of sp³-hybridized carbons (Fsp3) is 0.350. The van der Waals surface area contributed by atoms with Gasteiger partial charge in [-0.15, -0.1) is 0 Å². The Bertz CT molecular complexity index is 1150. The number of hydrogen-bond donors (Lipinski definition) is 6. The molecular formula is C20H23N7O6. The zero-order chi connectivity index (χ0) is 23.7. The molecule has 1 unspecified atom stereocenters. The first-order valence-corrected chi connectivity index (χ1v) is 10.2. The van der Waals surface area contributed by atoms with Crippen molar-refractivity contribution in [3.05, 3.63) is 40.2 Å². The highest BCUT2D eigenvalue weighted by Gasteiger charge is 2.37. The fourth-order valence-electron chi connectivity index (χ4n) is 4.00. The van der Waals surface area contributed by atoms with Gasteiger partial charge >= 0.3 is 11.9 Å². The number of hydrogen-bond acceptors (Lipinski definition) is 9. The van der Waals surface area contributed by atoms with Crippen LogP contribution in [0.5, 0.6) is 0 Å². The molecule has 0 saturated carbocycles. The summed E-state index contributed by atoms with van der Waals surface area (Å²) in [6, 6.07) is 5.35. The molecule has 4 rings (SSSR count). The molecule has 2 atom stereocenters. The molecule has 2 aromatic rings. The van der Waals surface area contributed by atoms with Crippen molar-refractivity contribution in [2.45, 2.75) is 24.9 Å². The maximum atomic E-state index is 12.4. The number of nitrogens with one attached hydrogen (secondary N) is 3. The molecular weight excluding hydrogens is 436 g/mol. The average molecular weight is 459 g/mol. The average Bonchev–Trinajstić information content (AvgIpc) is 3.20. The number of aromatic nitrogens is 2. The number of nitrogens with two attached hydrogens (primary N) is 1. The van der Waals surface area contributed by atoms with Crippen molar-refractivity contribution in [1.29, 1.82) is 0 Å². The van der Waals surface area contributed by atoms with Crippen molar-refractivity contribution in [3.8, 4) is 0 Å². The molecule has 0 aliphatic carbocycles. The maximum absolute atomic E-state index is 12.4. The van der Waals surface area contributed by atoms with Crippen molar-refractivity contribution in [2.24, 2.45) is 0 Å². The van der Waals surface area contributed by atoms with E-state index in [4.69, 9.17) is 10.8 Å². The van der Waals surface area contributed by atoms with Crippen LogP contribution in [0.15, 0.2) is 29.1 Å². The molecule has 1 saturated heterocycles. The summed E-state index contributed by atoms with van der Waals surface area (Å²) in [5.74, 6) is -2.55. The molecule has 1 amide bonds. The zero-order valence-electron chi connectivity index (χ0n) is 17.4. The first kappa shape index (κ1) is 21.9. The van der Waals surface area contributed by atoms with Gasteiger partial charge in [0.05, 0.1) is 12.7 Å². The van der Waals surface area contributed by atoms with Gasteiger partial charge in [0, 0.05) is 30.8 Å². The first-order valence-electron chi connectivity index (χ1n) is 10.2. The molecule has 0 bridgehead atoms. The quantitative estimate of drug-likeness (QED) is 0.312. The van der Waals surface area contributed by atoms with E-state index in [1.165, 1.54) is 0 Å². The largest absolute Gasteiger partial charge is 0.481 e. The lowest BCUT2D eigenvalue weighted by Gasteiger charge is -2.31. The molecule has 7 N–H and O–H groups in total. The van der Waals surface area contributed by atoms with Crippen LogP contribution in [-0.2, 0) is 9.59 Å². The molecule has 0 radical (unpaired) electrons. The van der Waals surface area contributed by atoms with Gasteiger partial charge in [0.2, 0.25) is 5.95 Å². The van der Waals surface area contributed by atoms with E-state index in [1.54, 1.807) is 24.3 Å². The number of amides is 1. The number of fused-ring (bicyclic) bond motifs is 3. The third-order valence-corrected chi connectivity index (χ3v) is 5.65. The lowest BCUT2D eigenvalue weighted by atomic mass is 10.1. The van der Waals surface area contributed by atoms with Gasteiger partial charge in [0.25, 0.3) is 11.5 Å². The van der Waals surface area contributed by atoms with Crippen LogP contribution in [-0.4, -0.2) is 69.9 Å². The van der Waals surface area contributed by atoms with Crippen molar-refractivity contribution < 1.29 is 24.6 Å².